The van der Waals surface area contributed by atoms with E-state index in [2.05, 4.69) is 127 Å². The van der Waals surface area contributed by atoms with Crippen molar-refractivity contribution in [2.45, 2.75) is 35.6 Å². The van der Waals surface area contributed by atoms with Gasteiger partial charge in [-0.15, -0.1) is 11.8 Å². The number of rotatable bonds is 10. The third kappa shape index (κ3) is 7.05. The summed E-state index contributed by atoms with van der Waals surface area (Å²) < 4.78 is 0. The lowest BCUT2D eigenvalue weighted by Crippen LogP contribution is -2.41. The van der Waals surface area contributed by atoms with Crippen LogP contribution in [-0.2, 0) is 18.5 Å². The molecule has 0 radical (unpaired) electrons. The maximum Gasteiger partial charge on any atom is 0.142 e. The Bertz CT molecular complexity index is 2390. The first-order chi connectivity index (χ1) is 26.0. The zero-order chi connectivity index (χ0) is 36.2. The van der Waals surface area contributed by atoms with Crippen LogP contribution < -0.4 is 10.7 Å². The van der Waals surface area contributed by atoms with Gasteiger partial charge in [0.2, 0.25) is 0 Å². The number of nitriles is 1. The number of allylic oxidation sites excluding steroid dienone is 3. The minimum absolute atomic E-state index is 0.242. The first-order valence-electron chi connectivity index (χ1n) is 17.8. The van der Waals surface area contributed by atoms with E-state index < -0.39 is 0 Å². The Morgan fingerprint density at radius 1 is 0.792 bits per heavy atom. The molecule has 3 N–H and O–H groups in total. The van der Waals surface area contributed by atoms with Gasteiger partial charge in [0, 0.05) is 44.6 Å². The summed E-state index contributed by atoms with van der Waals surface area (Å²) in [6.07, 6.45) is 6.82. The van der Waals surface area contributed by atoms with Gasteiger partial charge in [-0.2, -0.15) is 5.26 Å². The van der Waals surface area contributed by atoms with Gasteiger partial charge in [-0.3, -0.25) is 10.4 Å². The monoisotopic (exact) mass is 705 g/mol. The topological polar surface area (TPSA) is 74.9 Å². The van der Waals surface area contributed by atoms with Crippen LogP contribution in [-0.4, -0.2) is 16.1 Å². The van der Waals surface area contributed by atoms with Gasteiger partial charge in [0.15, 0.2) is 0 Å². The van der Waals surface area contributed by atoms with E-state index in [1.54, 1.807) is 0 Å². The van der Waals surface area contributed by atoms with E-state index in [4.69, 9.17) is 5.41 Å². The highest BCUT2D eigenvalue weighted by Gasteiger charge is 2.43. The fourth-order valence-electron chi connectivity index (χ4n) is 7.27. The maximum absolute atomic E-state index is 9.72. The van der Waals surface area contributed by atoms with Crippen molar-refractivity contribution in [3.05, 3.63) is 203 Å². The van der Waals surface area contributed by atoms with Crippen LogP contribution >= 0.6 is 11.8 Å². The van der Waals surface area contributed by atoms with Crippen LogP contribution in [0.1, 0.15) is 40.3 Å². The average Bonchev–Trinajstić information content (AvgIpc) is 3.60. The molecule has 6 heteroatoms. The van der Waals surface area contributed by atoms with E-state index in [1.165, 1.54) is 21.6 Å². The molecule has 0 bridgehead atoms. The molecule has 53 heavy (non-hydrogen) atoms. The summed E-state index contributed by atoms with van der Waals surface area (Å²) in [5, 5.41) is 24.7. The van der Waals surface area contributed by atoms with Crippen molar-refractivity contribution >= 4 is 34.5 Å². The smallest absolute Gasteiger partial charge is 0.142 e. The lowest BCUT2D eigenvalue weighted by atomic mass is 9.72. The van der Waals surface area contributed by atoms with Gasteiger partial charge < -0.3 is 5.32 Å². The molecule has 8 rings (SSSR count). The van der Waals surface area contributed by atoms with Gasteiger partial charge in [0.05, 0.1) is 18.2 Å². The lowest BCUT2D eigenvalue weighted by Gasteiger charge is -2.36. The van der Waals surface area contributed by atoms with Crippen molar-refractivity contribution in [1.82, 2.24) is 10.4 Å². The molecule has 6 aromatic rings. The molecule has 1 aliphatic carbocycles. The van der Waals surface area contributed by atoms with E-state index in [-0.39, 0.29) is 10.7 Å². The number of hydrogen-bond acceptors (Lipinski definition) is 5. The standard InChI is InChI=1S/C47H39N5S/c1-47(26-12-22-42-41-21-8-9-23-44(41)53-45(42)47)38-24-25-40(37-19-10-15-34(27-37)30-48)43(29-38)51-39-20-11-16-35(28-39)31-50-52(32-33-13-4-2-5-14-33)46(49)36-17-6-3-7-18-36/h2-29,45,49-51H,31-32H2,1H3. The van der Waals surface area contributed by atoms with Gasteiger partial charge in [-0.25, -0.2) is 5.43 Å². The Morgan fingerprint density at radius 2 is 1.55 bits per heavy atom. The fourth-order valence-corrected chi connectivity index (χ4v) is 8.79. The minimum Gasteiger partial charge on any atom is -0.355 e. The van der Waals surface area contributed by atoms with Gasteiger partial charge >= 0.3 is 0 Å². The second-order valence-electron chi connectivity index (χ2n) is 13.7. The van der Waals surface area contributed by atoms with Crippen molar-refractivity contribution in [2.75, 3.05) is 5.32 Å². The molecule has 5 nitrogen and oxygen atoms in total. The van der Waals surface area contributed by atoms with Gasteiger partial charge in [-0.05, 0) is 69.8 Å². The summed E-state index contributed by atoms with van der Waals surface area (Å²) >= 11 is 1.95. The molecule has 0 saturated carbocycles. The van der Waals surface area contributed by atoms with Crippen molar-refractivity contribution in [2.24, 2.45) is 0 Å². The molecular weight excluding hydrogens is 667 g/mol. The Morgan fingerprint density at radius 3 is 2.38 bits per heavy atom. The summed E-state index contributed by atoms with van der Waals surface area (Å²) in [5.41, 5.74) is 14.9. The van der Waals surface area contributed by atoms with Crippen LogP contribution in [0.2, 0.25) is 0 Å². The average molecular weight is 706 g/mol. The molecule has 2 unspecified atom stereocenters. The molecule has 6 aromatic carbocycles. The zero-order valence-electron chi connectivity index (χ0n) is 29.5. The van der Waals surface area contributed by atoms with Gasteiger partial charge in [0.25, 0.3) is 0 Å². The van der Waals surface area contributed by atoms with Gasteiger partial charge in [-0.1, -0.05) is 140 Å². The number of anilines is 2. The second kappa shape index (κ2) is 14.8. The SMILES string of the molecule is CC1(c2ccc(-c3cccc(C#N)c3)c(Nc3cccc(CNN(Cc4ccccc4)C(=N)c4ccccc4)c3)c2)C=CC=C2c3ccccc3SC21. The molecule has 0 aromatic heterocycles. The molecule has 258 valence electrons. The number of hydrazine groups is 1. The summed E-state index contributed by atoms with van der Waals surface area (Å²) in [7, 11) is 0. The highest BCUT2D eigenvalue weighted by molar-refractivity contribution is 8.01. The molecule has 0 spiro atoms. The molecule has 1 heterocycles. The van der Waals surface area contributed by atoms with E-state index in [0.717, 1.165) is 39.2 Å². The predicted molar refractivity (Wildman–Crippen MR) is 219 cm³/mol. The van der Waals surface area contributed by atoms with E-state index >= 15 is 0 Å². The number of thioether (sulfide) groups is 1. The Hall–Kier alpha value is -6.13. The summed E-state index contributed by atoms with van der Waals surface area (Å²) in [5.74, 6) is 0.413. The number of hydrogen-bond donors (Lipinski definition) is 3. The minimum atomic E-state index is -0.242. The number of amidine groups is 1. The van der Waals surface area contributed by atoms with Crippen molar-refractivity contribution in [1.29, 1.82) is 10.7 Å². The van der Waals surface area contributed by atoms with Crippen LogP contribution in [0.3, 0.4) is 0 Å². The van der Waals surface area contributed by atoms with Crippen molar-refractivity contribution < 1.29 is 0 Å². The normalized spacial score (nSPS) is 16.9. The maximum atomic E-state index is 9.72. The molecule has 0 amide bonds. The third-order valence-electron chi connectivity index (χ3n) is 10.1. The molecule has 2 aliphatic rings. The summed E-state index contributed by atoms with van der Waals surface area (Å²) in [4.78, 5) is 1.33. The molecule has 0 saturated heterocycles. The number of benzene rings is 6. The number of fused-ring (bicyclic) bond motifs is 3. The van der Waals surface area contributed by atoms with E-state index in [9.17, 15) is 5.26 Å². The van der Waals surface area contributed by atoms with Crippen LogP contribution in [0.15, 0.2) is 175 Å². The first kappa shape index (κ1) is 34.0. The largest absolute Gasteiger partial charge is 0.355 e. The van der Waals surface area contributed by atoms with E-state index in [1.807, 2.05) is 83.5 Å². The van der Waals surface area contributed by atoms with Crippen LogP contribution in [0.5, 0.6) is 0 Å². The van der Waals surface area contributed by atoms with Crippen LogP contribution in [0, 0.1) is 16.7 Å². The predicted octanol–water partition coefficient (Wildman–Crippen LogP) is 10.9. The molecular formula is C47H39N5S. The second-order valence-corrected chi connectivity index (χ2v) is 14.8. The first-order valence-corrected chi connectivity index (χ1v) is 18.7. The number of nitrogens with one attached hydrogen (secondary N) is 3. The highest BCUT2D eigenvalue weighted by atomic mass is 32.2. The molecule has 1 aliphatic heterocycles. The highest BCUT2D eigenvalue weighted by Crippen LogP contribution is 2.55. The summed E-state index contributed by atoms with van der Waals surface area (Å²) in [6, 6.07) is 54.1. The molecule has 2 atom stereocenters. The van der Waals surface area contributed by atoms with E-state index in [0.29, 0.717) is 24.5 Å². The van der Waals surface area contributed by atoms with Crippen LogP contribution in [0.4, 0.5) is 11.4 Å². The van der Waals surface area contributed by atoms with Crippen LogP contribution in [0.25, 0.3) is 16.7 Å². The van der Waals surface area contributed by atoms with Crippen molar-refractivity contribution in [3.63, 3.8) is 0 Å². The molecule has 0 fully saturated rings. The Balaban J connectivity index is 1.10. The Labute approximate surface area is 315 Å². The van der Waals surface area contributed by atoms with Crippen molar-refractivity contribution in [3.8, 4) is 17.2 Å². The Kier molecular flexibility index (Phi) is 9.52. The summed E-state index contributed by atoms with van der Waals surface area (Å²) in [6.45, 7) is 3.43. The zero-order valence-corrected chi connectivity index (χ0v) is 30.3. The lowest BCUT2D eigenvalue weighted by molar-refractivity contribution is 0.294. The van der Waals surface area contributed by atoms with Gasteiger partial charge in [0.1, 0.15) is 5.84 Å². The quantitative estimate of drug-likeness (QED) is 0.0752. The third-order valence-corrected chi connectivity index (χ3v) is 11.7. The number of nitrogens with zero attached hydrogens (tertiary/aromatic N) is 2. The fraction of sp³-hybridized carbons (Fsp3) is 0.106.